The molecule has 1 N–H and O–H groups in total. The molecule has 1 aliphatic heterocycles. The molecule has 0 saturated carbocycles. The molecule has 1 amide bonds. The van der Waals surface area contributed by atoms with Crippen LogP contribution in [0.3, 0.4) is 0 Å². The Labute approximate surface area is 88.2 Å². The molecule has 82 valence electrons. The average Bonchev–Trinajstić information content (AvgIpc) is 2.66. The fraction of sp³-hybridized carbons (Fsp3) is 0.667. The first kappa shape index (κ1) is 10.1. The summed E-state index contributed by atoms with van der Waals surface area (Å²) in [6.07, 6.45) is 2.03. The van der Waals surface area contributed by atoms with Crippen LogP contribution in [0.2, 0.25) is 0 Å². The van der Waals surface area contributed by atoms with Gasteiger partial charge in [-0.1, -0.05) is 5.21 Å². The summed E-state index contributed by atoms with van der Waals surface area (Å²) < 4.78 is 1.64. The number of amides is 1. The Morgan fingerprint density at radius 2 is 2.27 bits per heavy atom. The largest absolute Gasteiger partial charge is 0.340 e. The number of hydrogen-bond donors (Lipinski definition) is 1. The van der Waals surface area contributed by atoms with E-state index in [4.69, 9.17) is 0 Å². The highest BCUT2D eigenvalue weighted by molar-refractivity contribution is 5.78. The zero-order valence-corrected chi connectivity index (χ0v) is 8.81. The quantitative estimate of drug-likeness (QED) is 0.664. The molecule has 1 aromatic heterocycles. The number of carbonyl (C=O) groups is 1. The number of carbonyl (C=O) groups excluding carboxylic acids is 1. The number of rotatable bonds is 2. The first-order chi connectivity index (χ1) is 7.27. The highest BCUT2D eigenvalue weighted by Crippen LogP contribution is 2.01. The van der Waals surface area contributed by atoms with Crippen molar-refractivity contribution in [1.29, 1.82) is 0 Å². The Morgan fingerprint density at radius 1 is 1.53 bits per heavy atom. The molecule has 0 spiro atoms. The molecule has 15 heavy (non-hydrogen) atoms. The zero-order valence-electron chi connectivity index (χ0n) is 8.81. The number of nitrogens with zero attached hydrogens (tertiary/aromatic N) is 4. The van der Waals surface area contributed by atoms with Crippen molar-refractivity contribution in [3.05, 3.63) is 11.9 Å². The van der Waals surface area contributed by atoms with Crippen molar-refractivity contribution < 1.29 is 4.79 Å². The fourth-order valence-corrected chi connectivity index (χ4v) is 1.65. The topological polar surface area (TPSA) is 63.1 Å². The highest BCUT2D eigenvalue weighted by Gasteiger charge is 2.17. The third-order valence-corrected chi connectivity index (χ3v) is 2.61. The SMILES string of the molecule is Cn1nncc1CC(=O)N1CCNCC1. The Morgan fingerprint density at radius 3 is 2.87 bits per heavy atom. The molecule has 1 aliphatic rings. The van der Waals surface area contributed by atoms with Gasteiger partial charge >= 0.3 is 0 Å². The van der Waals surface area contributed by atoms with Gasteiger partial charge in [0.15, 0.2) is 0 Å². The van der Waals surface area contributed by atoms with Crippen molar-refractivity contribution in [2.75, 3.05) is 26.2 Å². The summed E-state index contributed by atoms with van der Waals surface area (Å²) in [5.74, 6) is 0.155. The second-order valence-corrected chi connectivity index (χ2v) is 3.66. The van der Waals surface area contributed by atoms with Gasteiger partial charge in [0.05, 0.1) is 18.3 Å². The van der Waals surface area contributed by atoms with Crippen LogP contribution < -0.4 is 5.32 Å². The van der Waals surface area contributed by atoms with E-state index in [1.54, 1.807) is 17.9 Å². The lowest BCUT2D eigenvalue weighted by Crippen LogP contribution is -2.47. The second kappa shape index (κ2) is 4.39. The Hall–Kier alpha value is -1.43. The Kier molecular flexibility index (Phi) is 2.96. The van der Waals surface area contributed by atoms with Gasteiger partial charge in [-0.15, -0.1) is 5.10 Å². The molecule has 1 fully saturated rings. The predicted molar refractivity (Wildman–Crippen MR) is 54.2 cm³/mol. The van der Waals surface area contributed by atoms with Crippen molar-refractivity contribution >= 4 is 5.91 Å². The normalized spacial score (nSPS) is 16.7. The standard InChI is InChI=1S/C9H15N5O/c1-13-8(7-11-12-13)6-9(15)14-4-2-10-3-5-14/h7,10H,2-6H2,1H3. The van der Waals surface area contributed by atoms with Crippen LogP contribution >= 0.6 is 0 Å². The van der Waals surface area contributed by atoms with Gasteiger partial charge in [0.2, 0.25) is 5.91 Å². The van der Waals surface area contributed by atoms with Gasteiger partial charge in [0.25, 0.3) is 0 Å². The fourth-order valence-electron chi connectivity index (χ4n) is 1.65. The second-order valence-electron chi connectivity index (χ2n) is 3.66. The van der Waals surface area contributed by atoms with Crippen LogP contribution in [-0.4, -0.2) is 52.0 Å². The summed E-state index contributed by atoms with van der Waals surface area (Å²) >= 11 is 0. The van der Waals surface area contributed by atoms with Crippen molar-refractivity contribution in [3.63, 3.8) is 0 Å². The first-order valence-electron chi connectivity index (χ1n) is 5.09. The summed E-state index contributed by atoms with van der Waals surface area (Å²) in [4.78, 5) is 13.7. The van der Waals surface area contributed by atoms with E-state index in [-0.39, 0.29) is 5.91 Å². The van der Waals surface area contributed by atoms with E-state index in [0.29, 0.717) is 6.42 Å². The molecule has 6 heteroatoms. The lowest BCUT2D eigenvalue weighted by Gasteiger charge is -2.27. The van der Waals surface area contributed by atoms with Gasteiger partial charge < -0.3 is 10.2 Å². The molecule has 2 heterocycles. The first-order valence-corrected chi connectivity index (χ1v) is 5.09. The van der Waals surface area contributed by atoms with Crippen LogP contribution in [0.4, 0.5) is 0 Å². The monoisotopic (exact) mass is 209 g/mol. The summed E-state index contributed by atoms with van der Waals surface area (Å²) in [7, 11) is 1.80. The number of aromatic nitrogens is 3. The maximum atomic E-state index is 11.8. The average molecular weight is 209 g/mol. The minimum Gasteiger partial charge on any atom is -0.340 e. The third kappa shape index (κ3) is 2.33. The molecule has 0 unspecified atom stereocenters. The van der Waals surface area contributed by atoms with Crippen LogP contribution in [0, 0.1) is 0 Å². The number of hydrogen-bond acceptors (Lipinski definition) is 4. The zero-order chi connectivity index (χ0) is 10.7. The minimum absolute atomic E-state index is 0.155. The smallest absolute Gasteiger partial charge is 0.228 e. The Balaban J connectivity index is 1.94. The molecular formula is C9H15N5O. The van der Waals surface area contributed by atoms with E-state index in [1.807, 2.05) is 4.90 Å². The van der Waals surface area contributed by atoms with E-state index in [1.165, 1.54) is 0 Å². The lowest BCUT2D eigenvalue weighted by molar-refractivity contribution is -0.131. The molecule has 2 rings (SSSR count). The predicted octanol–water partition coefficient (Wildman–Crippen LogP) is -1.21. The summed E-state index contributed by atoms with van der Waals surface area (Å²) in [6.45, 7) is 3.36. The van der Waals surface area contributed by atoms with Crippen molar-refractivity contribution in [2.45, 2.75) is 6.42 Å². The van der Waals surface area contributed by atoms with Crippen molar-refractivity contribution in [2.24, 2.45) is 7.05 Å². The van der Waals surface area contributed by atoms with E-state index in [0.717, 1.165) is 31.9 Å². The maximum absolute atomic E-state index is 11.8. The molecular weight excluding hydrogens is 194 g/mol. The Bertz CT molecular complexity index is 342. The van der Waals surface area contributed by atoms with Crippen molar-refractivity contribution in [1.82, 2.24) is 25.2 Å². The molecule has 0 atom stereocenters. The van der Waals surface area contributed by atoms with Crippen LogP contribution in [0.5, 0.6) is 0 Å². The number of aryl methyl sites for hydroxylation is 1. The molecule has 0 bridgehead atoms. The van der Waals surface area contributed by atoms with Gasteiger partial charge in [-0.2, -0.15) is 0 Å². The van der Waals surface area contributed by atoms with Crippen LogP contribution in [0.15, 0.2) is 6.20 Å². The van der Waals surface area contributed by atoms with Gasteiger partial charge in [-0.3, -0.25) is 9.48 Å². The van der Waals surface area contributed by atoms with E-state index < -0.39 is 0 Å². The third-order valence-electron chi connectivity index (χ3n) is 2.61. The molecule has 0 aromatic carbocycles. The number of nitrogens with one attached hydrogen (secondary N) is 1. The van der Waals surface area contributed by atoms with Crippen LogP contribution in [-0.2, 0) is 18.3 Å². The molecule has 1 aromatic rings. The van der Waals surface area contributed by atoms with Crippen molar-refractivity contribution in [3.8, 4) is 0 Å². The summed E-state index contributed by atoms with van der Waals surface area (Å²) in [5, 5.41) is 10.8. The minimum atomic E-state index is 0.155. The van der Waals surface area contributed by atoms with Gasteiger partial charge in [0.1, 0.15) is 0 Å². The van der Waals surface area contributed by atoms with Crippen LogP contribution in [0.25, 0.3) is 0 Å². The van der Waals surface area contributed by atoms with E-state index in [2.05, 4.69) is 15.6 Å². The molecule has 1 saturated heterocycles. The van der Waals surface area contributed by atoms with Gasteiger partial charge in [0, 0.05) is 33.2 Å². The van der Waals surface area contributed by atoms with Gasteiger partial charge in [-0.05, 0) is 0 Å². The number of piperazine rings is 1. The molecule has 0 aliphatic carbocycles. The van der Waals surface area contributed by atoms with Gasteiger partial charge in [-0.25, -0.2) is 0 Å². The van der Waals surface area contributed by atoms with E-state index in [9.17, 15) is 4.79 Å². The lowest BCUT2D eigenvalue weighted by atomic mass is 10.2. The summed E-state index contributed by atoms with van der Waals surface area (Å²) in [6, 6.07) is 0. The molecule has 6 nitrogen and oxygen atoms in total. The van der Waals surface area contributed by atoms with Crippen LogP contribution in [0.1, 0.15) is 5.69 Å². The highest BCUT2D eigenvalue weighted by atomic mass is 16.2. The van der Waals surface area contributed by atoms with E-state index >= 15 is 0 Å². The maximum Gasteiger partial charge on any atom is 0.228 e. The molecule has 0 radical (unpaired) electrons. The summed E-state index contributed by atoms with van der Waals surface area (Å²) in [5.41, 5.74) is 0.860.